The first kappa shape index (κ1) is 22.6. The van der Waals surface area contributed by atoms with E-state index >= 15 is 0 Å². The second-order valence-corrected chi connectivity index (χ2v) is 9.81. The molecule has 0 aromatic heterocycles. The van der Waals surface area contributed by atoms with Crippen LogP contribution in [0.5, 0.6) is 0 Å². The number of nitrogens with one attached hydrogen (secondary N) is 2. The highest BCUT2D eigenvalue weighted by atomic mass is 16.5. The third-order valence-electron chi connectivity index (χ3n) is 7.56. The molecule has 0 radical (unpaired) electrons. The van der Waals surface area contributed by atoms with E-state index in [0.29, 0.717) is 23.4 Å². The van der Waals surface area contributed by atoms with Gasteiger partial charge in [0.1, 0.15) is 6.54 Å². The molecular weight excluding hydrogens is 406 g/mol. The van der Waals surface area contributed by atoms with Crippen LogP contribution in [-0.4, -0.2) is 44.0 Å². The van der Waals surface area contributed by atoms with E-state index in [1.807, 2.05) is 24.3 Å². The Morgan fingerprint density at radius 2 is 1.53 bits per heavy atom. The van der Waals surface area contributed by atoms with Gasteiger partial charge < -0.3 is 20.3 Å². The Labute approximate surface area is 190 Å². The molecule has 0 aliphatic heterocycles. The van der Waals surface area contributed by atoms with Crippen molar-refractivity contribution in [2.45, 2.75) is 52.4 Å². The van der Waals surface area contributed by atoms with Gasteiger partial charge >= 0.3 is 5.97 Å². The predicted molar refractivity (Wildman–Crippen MR) is 123 cm³/mol. The number of nitrogens with zero attached hydrogens (tertiary/aromatic N) is 1. The molecule has 0 heterocycles. The first-order valence-corrected chi connectivity index (χ1v) is 12.0. The van der Waals surface area contributed by atoms with Crippen LogP contribution in [0.1, 0.15) is 52.4 Å². The van der Waals surface area contributed by atoms with Crippen LogP contribution in [0, 0.1) is 23.2 Å². The Bertz CT molecular complexity index is 812. The topological polar surface area (TPSA) is 87.7 Å². The van der Waals surface area contributed by atoms with E-state index in [0.717, 1.165) is 38.0 Å². The highest BCUT2D eigenvalue weighted by Crippen LogP contribution is 2.60. The summed E-state index contributed by atoms with van der Waals surface area (Å²) in [6, 6.07) is 7.57. The van der Waals surface area contributed by atoms with E-state index in [9.17, 15) is 14.4 Å². The lowest BCUT2D eigenvalue weighted by Crippen LogP contribution is -2.54. The average molecular weight is 442 g/mol. The Morgan fingerprint density at radius 3 is 2.06 bits per heavy atom. The van der Waals surface area contributed by atoms with E-state index in [-0.39, 0.29) is 24.5 Å². The van der Waals surface area contributed by atoms with Crippen LogP contribution in [0.2, 0.25) is 0 Å². The zero-order chi connectivity index (χ0) is 22.7. The van der Waals surface area contributed by atoms with Crippen molar-refractivity contribution in [2.75, 3.05) is 36.5 Å². The van der Waals surface area contributed by atoms with Gasteiger partial charge in [-0.15, -0.1) is 0 Å². The van der Waals surface area contributed by atoms with Crippen molar-refractivity contribution in [2.24, 2.45) is 23.2 Å². The zero-order valence-electron chi connectivity index (χ0n) is 19.2. The molecule has 0 unspecified atom stereocenters. The van der Waals surface area contributed by atoms with Crippen molar-refractivity contribution in [1.29, 1.82) is 0 Å². The van der Waals surface area contributed by atoms with E-state index in [1.165, 1.54) is 19.3 Å². The molecule has 4 bridgehead atoms. The highest BCUT2D eigenvalue weighted by Gasteiger charge is 2.54. The number of rotatable bonds is 9. The van der Waals surface area contributed by atoms with E-state index in [1.54, 1.807) is 0 Å². The lowest BCUT2D eigenvalue weighted by molar-refractivity contribution is -0.152. The standard InChI is InChI=1S/C25H35N3O4/c1-3-28(4-2)21-7-5-20(6-8-21)27-22(29)16-32-23(30)15-26-24(31)25-12-17-9-18(13-25)11-19(10-17)14-25/h5-8,17-19H,3-4,9-16H2,1-2H3,(H,26,31)(H,27,29). The average Bonchev–Trinajstić information content (AvgIpc) is 2.77. The Morgan fingerprint density at radius 1 is 0.969 bits per heavy atom. The summed E-state index contributed by atoms with van der Waals surface area (Å²) in [5, 5.41) is 5.52. The van der Waals surface area contributed by atoms with Gasteiger partial charge in [0.2, 0.25) is 5.91 Å². The van der Waals surface area contributed by atoms with Crippen molar-refractivity contribution in [3.05, 3.63) is 24.3 Å². The molecule has 0 saturated heterocycles. The largest absolute Gasteiger partial charge is 0.454 e. The van der Waals surface area contributed by atoms with Crippen LogP contribution < -0.4 is 15.5 Å². The van der Waals surface area contributed by atoms with Gasteiger partial charge in [0, 0.05) is 29.9 Å². The molecule has 174 valence electrons. The maximum atomic E-state index is 12.9. The van der Waals surface area contributed by atoms with Gasteiger partial charge in [-0.05, 0) is 94.4 Å². The maximum Gasteiger partial charge on any atom is 0.325 e. The number of carbonyl (C=O) groups excluding carboxylic acids is 3. The summed E-state index contributed by atoms with van der Waals surface area (Å²) in [5.41, 5.74) is 1.45. The number of anilines is 2. The molecule has 4 aliphatic carbocycles. The normalized spacial score (nSPS) is 27.6. The van der Waals surface area contributed by atoms with Crippen LogP contribution in [0.25, 0.3) is 0 Å². The van der Waals surface area contributed by atoms with Crippen molar-refractivity contribution in [1.82, 2.24) is 5.32 Å². The van der Waals surface area contributed by atoms with Gasteiger partial charge in [-0.1, -0.05) is 0 Å². The first-order chi connectivity index (χ1) is 15.4. The molecule has 5 rings (SSSR count). The molecular formula is C25H35N3O4. The fourth-order valence-corrected chi connectivity index (χ4v) is 6.47. The first-order valence-electron chi connectivity index (χ1n) is 12.0. The summed E-state index contributed by atoms with van der Waals surface area (Å²) in [7, 11) is 0. The summed E-state index contributed by atoms with van der Waals surface area (Å²) >= 11 is 0. The van der Waals surface area contributed by atoms with Crippen molar-refractivity contribution in [3.63, 3.8) is 0 Å². The van der Waals surface area contributed by atoms with Gasteiger partial charge in [0.05, 0.1) is 0 Å². The van der Waals surface area contributed by atoms with Crippen LogP contribution >= 0.6 is 0 Å². The Balaban J connectivity index is 1.19. The quantitative estimate of drug-likeness (QED) is 0.574. The number of amides is 2. The molecule has 2 N–H and O–H groups in total. The van der Waals surface area contributed by atoms with Gasteiger partial charge in [-0.25, -0.2) is 0 Å². The molecule has 4 fully saturated rings. The van der Waals surface area contributed by atoms with Crippen LogP contribution in [0.4, 0.5) is 11.4 Å². The van der Waals surface area contributed by atoms with Gasteiger partial charge in [-0.3, -0.25) is 14.4 Å². The lowest BCUT2D eigenvalue weighted by Gasteiger charge is -2.55. The molecule has 4 aliphatic rings. The Hall–Kier alpha value is -2.57. The summed E-state index contributed by atoms with van der Waals surface area (Å²) in [6.07, 6.45) is 6.66. The number of hydrogen-bond acceptors (Lipinski definition) is 5. The fourth-order valence-electron chi connectivity index (χ4n) is 6.47. The number of esters is 1. The fraction of sp³-hybridized carbons (Fsp3) is 0.640. The second kappa shape index (κ2) is 9.51. The third-order valence-corrected chi connectivity index (χ3v) is 7.56. The van der Waals surface area contributed by atoms with Crippen LogP contribution in [-0.2, 0) is 19.1 Å². The minimum atomic E-state index is -0.588. The third kappa shape index (κ3) is 4.92. The maximum absolute atomic E-state index is 12.9. The van der Waals surface area contributed by atoms with Gasteiger partial charge in [0.25, 0.3) is 5.91 Å². The number of ether oxygens (including phenoxy) is 1. The van der Waals surface area contributed by atoms with Gasteiger partial charge in [-0.2, -0.15) is 0 Å². The van der Waals surface area contributed by atoms with Crippen LogP contribution in [0.3, 0.4) is 0 Å². The second-order valence-electron chi connectivity index (χ2n) is 9.81. The molecule has 2 amide bonds. The number of hydrogen-bond donors (Lipinski definition) is 2. The summed E-state index contributed by atoms with van der Waals surface area (Å²) in [4.78, 5) is 39.3. The van der Waals surface area contributed by atoms with E-state index in [2.05, 4.69) is 29.4 Å². The van der Waals surface area contributed by atoms with E-state index in [4.69, 9.17) is 4.74 Å². The molecule has 0 atom stereocenters. The summed E-state index contributed by atoms with van der Waals surface area (Å²) < 4.78 is 5.07. The number of carbonyl (C=O) groups is 3. The smallest absolute Gasteiger partial charge is 0.325 e. The zero-order valence-corrected chi connectivity index (χ0v) is 19.2. The molecule has 0 spiro atoms. The molecule has 1 aromatic carbocycles. The van der Waals surface area contributed by atoms with E-state index < -0.39 is 11.9 Å². The van der Waals surface area contributed by atoms with Gasteiger partial charge in [0.15, 0.2) is 6.61 Å². The molecule has 7 nitrogen and oxygen atoms in total. The van der Waals surface area contributed by atoms with Crippen molar-refractivity contribution in [3.8, 4) is 0 Å². The molecule has 32 heavy (non-hydrogen) atoms. The monoisotopic (exact) mass is 441 g/mol. The van der Waals surface area contributed by atoms with Crippen molar-refractivity contribution >= 4 is 29.2 Å². The highest BCUT2D eigenvalue weighted by molar-refractivity contribution is 5.93. The minimum absolute atomic E-state index is 0.00806. The molecule has 7 heteroatoms. The number of benzene rings is 1. The summed E-state index contributed by atoms with van der Waals surface area (Å²) in [6.45, 7) is 5.46. The lowest BCUT2D eigenvalue weighted by atomic mass is 9.49. The summed E-state index contributed by atoms with van der Waals surface area (Å²) in [5.74, 6) is 1.01. The predicted octanol–water partition coefficient (Wildman–Crippen LogP) is 3.35. The minimum Gasteiger partial charge on any atom is -0.454 e. The van der Waals surface area contributed by atoms with Crippen LogP contribution in [0.15, 0.2) is 24.3 Å². The molecule has 4 saturated carbocycles. The van der Waals surface area contributed by atoms with Crippen molar-refractivity contribution < 1.29 is 19.1 Å². The SMILES string of the molecule is CCN(CC)c1ccc(NC(=O)COC(=O)CNC(=O)C23CC4CC(CC(C4)C2)C3)cc1. The Kier molecular flexibility index (Phi) is 6.72. The molecule has 1 aromatic rings.